The summed E-state index contributed by atoms with van der Waals surface area (Å²) in [6, 6.07) is 21.7. The first-order chi connectivity index (χ1) is 16.5. The zero-order valence-electron chi connectivity index (χ0n) is 17.9. The van der Waals surface area contributed by atoms with Gasteiger partial charge in [0.2, 0.25) is 5.88 Å². The summed E-state index contributed by atoms with van der Waals surface area (Å²) in [5.41, 5.74) is 3.98. The Labute approximate surface area is 203 Å². The Morgan fingerprint density at radius 3 is 2.35 bits per heavy atom. The zero-order chi connectivity index (χ0) is 23.8. The number of carbonyl (C=O) groups excluding carboxylic acids is 1. The molecule has 168 valence electrons. The molecule has 0 spiro atoms. The molecule has 0 unspecified atom stereocenters. The Bertz CT molecular complexity index is 1650. The van der Waals surface area contributed by atoms with Crippen LogP contribution in [0.2, 0.25) is 5.02 Å². The minimum absolute atomic E-state index is 0.273. The molecule has 0 radical (unpaired) electrons. The summed E-state index contributed by atoms with van der Waals surface area (Å²) in [5.74, 6) is -0.733. The maximum atomic E-state index is 13.2. The molecule has 0 atom stereocenters. The monoisotopic (exact) mass is 487 g/mol. The van der Waals surface area contributed by atoms with E-state index in [2.05, 4.69) is 10.5 Å². The van der Waals surface area contributed by atoms with Gasteiger partial charge in [-0.1, -0.05) is 65.7 Å². The van der Waals surface area contributed by atoms with E-state index >= 15 is 0 Å². The number of nitrogens with one attached hydrogen (secondary N) is 1. The molecule has 0 aliphatic carbocycles. The lowest BCUT2D eigenvalue weighted by molar-refractivity contribution is 0.0959. The van der Waals surface area contributed by atoms with E-state index in [4.69, 9.17) is 11.6 Å². The average Bonchev–Trinajstić information content (AvgIpc) is 3.19. The number of thiophene rings is 1. The van der Waals surface area contributed by atoms with Crippen molar-refractivity contribution in [2.24, 2.45) is 5.10 Å². The second-order valence-electron chi connectivity index (χ2n) is 7.70. The third-order valence-corrected chi connectivity index (χ3v) is 7.17. The second kappa shape index (κ2) is 8.78. The summed E-state index contributed by atoms with van der Waals surface area (Å²) in [6.45, 7) is 1.94. The SMILES string of the molecule is Cc1ccc(-n2c(O)c(/C=N/NC(=O)c3sc4ccccc4c3Cl)c3ccccc3c2=O)cc1. The van der Waals surface area contributed by atoms with Crippen LogP contribution in [-0.4, -0.2) is 21.8 Å². The van der Waals surface area contributed by atoms with Crippen molar-refractivity contribution in [2.45, 2.75) is 6.92 Å². The van der Waals surface area contributed by atoms with Gasteiger partial charge in [-0.15, -0.1) is 11.3 Å². The summed E-state index contributed by atoms with van der Waals surface area (Å²) < 4.78 is 2.13. The van der Waals surface area contributed by atoms with Crippen molar-refractivity contribution in [1.29, 1.82) is 0 Å². The van der Waals surface area contributed by atoms with Crippen LogP contribution in [0.4, 0.5) is 0 Å². The van der Waals surface area contributed by atoms with Crippen LogP contribution < -0.4 is 11.0 Å². The summed E-state index contributed by atoms with van der Waals surface area (Å²) in [6.07, 6.45) is 1.33. The Kier molecular flexibility index (Phi) is 5.65. The highest BCUT2D eigenvalue weighted by molar-refractivity contribution is 7.21. The molecule has 5 aromatic rings. The molecule has 0 aliphatic rings. The second-order valence-corrected chi connectivity index (χ2v) is 9.13. The predicted octanol–water partition coefficient (Wildman–Crippen LogP) is 5.64. The van der Waals surface area contributed by atoms with Gasteiger partial charge in [0.05, 0.1) is 22.5 Å². The summed E-state index contributed by atoms with van der Waals surface area (Å²) in [5, 5.41) is 17.2. The largest absolute Gasteiger partial charge is 0.494 e. The Balaban J connectivity index is 1.55. The van der Waals surface area contributed by atoms with Gasteiger partial charge in [0.25, 0.3) is 11.5 Å². The fourth-order valence-electron chi connectivity index (χ4n) is 3.79. The molecule has 0 aliphatic heterocycles. The quantitative estimate of drug-likeness (QED) is 0.254. The van der Waals surface area contributed by atoms with Crippen LogP contribution in [0.15, 0.2) is 82.7 Å². The molecule has 3 aromatic carbocycles. The first-order valence-electron chi connectivity index (χ1n) is 10.4. The van der Waals surface area contributed by atoms with E-state index in [1.165, 1.54) is 22.1 Å². The number of aryl methyl sites for hydroxylation is 1. The maximum absolute atomic E-state index is 13.2. The number of hydrogen-bond donors (Lipinski definition) is 2. The number of hydrazone groups is 1. The fourth-order valence-corrected chi connectivity index (χ4v) is 5.20. The topological polar surface area (TPSA) is 83.7 Å². The van der Waals surface area contributed by atoms with Gasteiger partial charge in [-0.3, -0.25) is 9.59 Å². The van der Waals surface area contributed by atoms with E-state index in [0.29, 0.717) is 31.9 Å². The number of halogens is 1. The molecule has 2 aromatic heterocycles. The van der Waals surface area contributed by atoms with Crippen molar-refractivity contribution in [1.82, 2.24) is 9.99 Å². The summed E-state index contributed by atoms with van der Waals surface area (Å²) >= 11 is 7.66. The molecule has 2 heterocycles. The molecule has 0 fully saturated rings. The molecular formula is C26H18ClN3O3S. The minimum Gasteiger partial charge on any atom is -0.494 e. The number of aromatic hydroxyl groups is 1. The van der Waals surface area contributed by atoms with Crippen LogP contribution in [0.3, 0.4) is 0 Å². The lowest BCUT2D eigenvalue weighted by Gasteiger charge is -2.13. The van der Waals surface area contributed by atoms with E-state index in [9.17, 15) is 14.7 Å². The van der Waals surface area contributed by atoms with Crippen LogP contribution in [-0.2, 0) is 0 Å². The smallest absolute Gasteiger partial charge is 0.283 e. The summed E-state index contributed by atoms with van der Waals surface area (Å²) in [4.78, 5) is 26.2. The minimum atomic E-state index is -0.460. The van der Waals surface area contributed by atoms with Crippen molar-refractivity contribution in [3.05, 3.63) is 104 Å². The van der Waals surface area contributed by atoms with Gasteiger partial charge in [0, 0.05) is 20.9 Å². The number of aromatic nitrogens is 1. The van der Waals surface area contributed by atoms with Crippen molar-refractivity contribution in [3.8, 4) is 11.6 Å². The molecule has 0 saturated heterocycles. The molecule has 0 bridgehead atoms. The average molecular weight is 488 g/mol. The van der Waals surface area contributed by atoms with Gasteiger partial charge in [-0.05, 0) is 31.2 Å². The molecule has 0 saturated carbocycles. The van der Waals surface area contributed by atoms with Gasteiger partial charge >= 0.3 is 0 Å². The number of nitrogens with zero attached hydrogens (tertiary/aromatic N) is 2. The lowest BCUT2D eigenvalue weighted by Crippen LogP contribution is -2.21. The van der Waals surface area contributed by atoms with Gasteiger partial charge in [0.1, 0.15) is 4.88 Å². The molecule has 8 heteroatoms. The fraction of sp³-hybridized carbons (Fsp3) is 0.0385. The van der Waals surface area contributed by atoms with Crippen LogP contribution in [0.25, 0.3) is 26.5 Å². The Morgan fingerprint density at radius 1 is 1.00 bits per heavy atom. The lowest BCUT2D eigenvalue weighted by atomic mass is 10.1. The molecule has 2 N–H and O–H groups in total. The first-order valence-corrected chi connectivity index (χ1v) is 11.6. The van der Waals surface area contributed by atoms with Crippen LogP contribution in [0.1, 0.15) is 20.8 Å². The third-order valence-electron chi connectivity index (χ3n) is 5.50. The maximum Gasteiger partial charge on any atom is 0.283 e. The number of hydrogen-bond acceptors (Lipinski definition) is 5. The standard InChI is InChI=1S/C26H18ClN3O3S/c1-15-10-12-16(13-11-15)30-25(32)18-7-3-2-6-17(18)20(26(30)33)14-28-29-24(31)23-22(27)19-8-4-5-9-21(19)34-23/h2-14,33H,1H3,(H,29,31)/b28-14+. The van der Waals surface area contributed by atoms with Crippen molar-refractivity contribution in [3.63, 3.8) is 0 Å². The van der Waals surface area contributed by atoms with Crippen LogP contribution in [0.5, 0.6) is 5.88 Å². The molecule has 34 heavy (non-hydrogen) atoms. The van der Waals surface area contributed by atoms with Gasteiger partial charge in [-0.2, -0.15) is 5.10 Å². The predicted molar refractivity (Wildman–Crippen MR) is 138 cm³/mol. The van der Waals surface area contributed by atoms with E-state index in [0.717, 1.165) is 15.6 Å². The highest BCUT2D eigenvalue weighted by Gasteiger charge is 2.18. The molecule has 1 amide bonds. The Hall–Kier alpha value is -3.94. The molecule has 5 rings (SSSR count). The van der Waals surface area contributed by atoms with Crippen molar-refractivity contribution in [2.75, 3.05) is 0 Å². The van der Waals surface area contributed by atoms with E-state index in [1.807, 2.05) is 43.3 Å². The first kappa shape index (κ1) is 21.9. The molecule has 6 nitrogen and oxygen atoms in total. The zero-order valence-corrected chi connectivity index (χ0v) is 19.5. The normalized spacial score (nSPS) is 11.5. The number of rotatable bonds is 4. The third kappa shape index (κ3) is 3.75. The van der Waals surface area contributed by atoms with Gasteiger partial charge < -0.3 is 5.11 Å². The number of fused-ring (bicyclic) bond motifs is 2. The number of amides is 1. The summed E-state index contributed by atoms with van der Waals surface area (Å²) in [7, 11) is 0. The number of carbonyl (C=O) groups is 1. The van der Waals surface area contributed by atoms with E-state index in [1.54, 1.807) is 36.4 Å². The Morgan fingerprint density at radius 2 is 1.65 bits per heavy atom. The van der Waals surface area contributed by atoms with E-state index < -0.39 is 5.91 Å². The van der Waals surface area contributed by atoms with Crippen LogP contribution >= 0.6 is 22.9 Å². The van der Waals surface area contributed by atoms with Gasteiger partial charge in [0.15, 0.2) is 0 Å². The highest BCUT2D eigenvalue weighted by atomic mass is 35.5. The molecular weight excluding hydrogens is 470 g/mol. The van der Waals surface area contributed by atoms with Crippen molar-refractivity contribution >= 4 is 55.9 Å². The van der Waals surface area contributed by atoms with Crippen molar-refractivity contribution < 1.29 is 9.90 Å². The highest BCUT2D eigenvalue weighted by Crippen LogP contribution is 2.35. The van der Waals surface area contributed by atoms with E-state index in [-0.39, 0.29) is 11.4 Å². The number of benzene rings is 3. The van der Waals surface area contributed by atoms with Gasteiger partial charge in [-0.25, -0.2) is 9.99 Å². The number of pyridine rings is 1. The van der Waals surface area contributed by atoms with Crippen LogP contribution in [0, 0.1) is 6.92 Å².